The van der Waals surface area contributed by atoms with Crippen molar-refractivity contribution in [3.05, 3.63) is 52.9 Å². The summed E-state index contributed by atoms with van der Waals surface area (Å²) in [5, 5.41) is 6.04. The van der Waals surface area contributed by atoms with Crippen molar-refractivity contribution < 1.29 is 4.79 Å². The smallest absolute Gasteiger partial charge is 0.274 e. The Hall–Kier alpha value is -2.94. The van der Waals surface area contributed by atoms with E-state index in [1.165, 1.54) is 12.4 Å². The van der Waals surface area contributed by atoms with Gasteiger partial charge in [0.15, 0.2) is 5.13 Å². The van der Waals surface area contributed by atoms with Gasteiger partial charge >= 0.3 is 0 Å². The highest BCUT2D eigenvalue weighted by atomic mass is 32.1. The van der Waals surface area contributed by atoms with Crippen LogP contribution in [0.1, 0.15) is 40.0 Å². The summed E-state index contributed by atoms with van der Waals surface area (Å²) >= 11 is 1.54. The van der Waals surface area contributed by atoms with Gasteiger partial charge < -0.3 is 10.2 Å². The van der Waals surface area contributed by atoms with Gasteiger partial charge in [-0.25, -0.2) is 19.9 Å². The van der Waals surface area contributed by atoms with Gasteiger partial charge in [0.05, 0.1) is 11.9 Å². The van der Waals surface area contributed by atoms with Crippen molar-refractivity contribution in [2.45, 2.75) is 26.2 Å². The first-order chi connectivity index (χ1) is 13.1. The molecule has 0 spiro atoms. The molecule has 4 rings (SSSR count). The third-order valence-corrected chi connectivity index (χ3v) is 5.22. The third-order valence-electron chi connectivity index (χ3n) is 4.35. The molecule has 8 nitrogen and oxygen atoms in total. The number of nitrogens with zero attached hydrogens (tertiary/aromatic N) is 6. The molecule has 0 radical (unpaired) electrons. The zero-order valence-electron chi connectivity index (χ0n) is 15.1. The normalized spacial score (nSPS) is 16.5. The number of rotatable bonds is 4. The standard InChI is InChI=1S/C18H19N7OS/c1-11-7-15(24-18-22-12(2)10-27-18)23-16(21-11)13-3-6-25(9-13)17(26)14-8-19-4-5-20-14/h4-5,7-8,10,13H,3,6,9H2,1-2H3,(H,21,22,23,24)/t13-/m0/s1. The molecule has 3 aromatic heterocycles. The van der Waals surface area contributed by atoms with E-state index >= 15 is 0 Å². The number of thiazole rings is 1. The monoisotopic (exact) mass is 381 g/mol. The van der Waals surface area contributed by atoms with Gasteiger partial charge in [0, 0.05) is 48.5 Å². The number of hydrogen-bond acceptors (Lipinski definition) is 8. The second-order valence-electron chi connectivity index (χ2n) is 6.50. The third kappa shape index (κ3) is 3.92. The fourth-order valence-corrected chi connectivity index (χ4v) is 3.78. The zero-order chi connectivity index (χ0) is 18.8. The Morgan fingerprint density at radius 2 is 2.11 bits per heavy atom. The lowest BCUT2D eigenvalue weighted by Crippen LogP contribution is -2.29. The van der Waals surface area contributed by atoms with E-state index in [2.05, 4.69) is 30.2 Å². The van der Waals surface area contributed by atoms with Gasteiger partial charge in [-0.05, 0) is 20.3 Å². The molecule has 3 aromatic rings. The van der Waals surface area contributed by atoms with Crippen LogP contribution in [0.3, 0.4) is 0 Å². The number of carbonyl (C=O) groups is 1. The quantitative estimate of drug-likeness (QED) is 0.742. The molecule has 0 saturated carbocycles. The number of aryl methyl sites for hydroxylation is 2. The van der Waals surface area contributed by atoms with E-state index in [-0.39, 0.29) is 11.8 Å². The highest BCUT2D eigenvalue weighted by Gasteiger charge is 2.30. The van der Waals surface area contributed by atoms with Crippen LogP contribution >= 0.6 is 11.3 Å². The highest BCUT2D eigenvalue weighted by Crippen LogP contribution is 2.27. The van der Waals surface area contributed by atoms with Crippen LogP contribution in [0.4, 0.5) is 10.9 Å². The predicted octanol–water partition coefficient (Wildman–Crippen LogP) is 2.71. The molecule has 0 unspecified atom stereocenters. The van der Waals surface area contributed by atoms with Gasteiger partial charge in [-0.1, -0.05) is 0 Å². The van der Waals surface area contributed by atoms with Crippen molar-refractivity contribution in [1.82, 2.24) is 29.8 Å². The van der Waals surface area contributed by atoms with E-state index in [0.29, 0.717) is 18.8 Å². The summed E-state index contributed by atoms with van der Waals surface area (Å²) in [6.07, 6.45) is 5.41. The Labute approximate surface area is 160 Å². The van der Waals surface area contributed by atoms with Gasteiger partial charge in [0.1, 0.15) is 17.3 Å². The maximum absolute atomic E-state index is 12.6. The van der Waals surface area contributed by atoms with E-state index in [1.807, 2.05) is 25.3 Å². The van der Waals surface area contributed by atoms with E-state index in [1.54, 1.807) is 22.4 Å². The van der Waals surface area contributed by atoms with E-state index in [9.17, 15) is 4.79 Å². The molecule has 0 aliphatic carbocycles. The second-order valence-corrected chi connectivity index (χ2v) is 7.36. The van der Waals surface area contributed by atoms with Crippen LogP contribution in [0.15, 0.2) is 30.0 Å². The molecular formula is C18H19N7OS. The first-order valence-corrected chi connectivity index (χ1v) is 9.56. The molecule has 4 heterocycles. The summed E-state index contributed by atoms with van der Waals surface area (Å²) < 4.78 is 0. The number of carbonyl (C=O) groups excluding carboxylic acids is 1. The van der Waals surface area contributed by atoms with Crippen LogP contribution in [0.25, 0.3) is 0 Å². The van der Waals surface area contributed by atoms with Crippen molar-refractivity contribution in [1.29, 1.82) is 0 Å². The summed E-state index contributed by atoms with van der Waals surface area (Å²) in [5.41, 5.74) is 2.22. The van der Waals surface area contributed by atoms with Crippen LogP contribution in [0.2, 0.25) is 0 Å². The number of anilines is 2. The molecule has 1 saturated heterocycles. The number of amides is 1. The summed E-state index contributed by atoms with van der Waals surface area (Å²) in [5.74, 6) is 1.48. The van der Waals surface area contributed by atoms with Gasteiger partial charge in [0.25, 0.3) is 5.91 Å². The molecule has 0 bridgehead atoms. The fourth-order valence-electron chi connectivity index (χ4n) is 3.09. The van der Waals surface area contributed by atoms with Crippen molar-refractivity contribution in [2.75, 3.05) is 18.4 Å². The van der Waals surface area contributed by atoms with E-state index < -0.39 is 0 Å². The van der Waals surface area contributed by atoms with Crippen LogP contribution < -0.4 is 5.32 Å². The molecule has 1 aliphatic rings. The van der Waals surface area contributed by atoms with Crippen molar-refractivity contribution in [3.8, 4) is 0 Å². The SMILES string of the molecule is Cc1cc(Nc2nc(C)cs2)nc([C@H]2CCN(C(=O)c3cnccn3)C2)n1. The highest BCUT2D eigenvalue weighted by molar-refractivity contribution is 7.13. The largest absolute Gasteiger partial charge is 0.337 e. The molecule has 138 valence electrons. The van der Waals surface area contributed by atoms with E-state index in [4.69, 9.17) is 0 Å². The molecule has 1 atom stereocenters. The van der Waals surface area contributed by atoms with Gasteiger partial charge in [-0.3, -0.25) is 9.78 Å². The second kappa shape index (κ2) is 7.36. The van der Waals surface area contributed by atoms with Gasteiger partial charge in [0.2, 0.25) is 0 Å². The van der Waals surface area contributed by atoms with Crippen molar-refractivity contribution >= 4 is 28.2 Å². The molecule has 9 heteroatoms. The summed E-state index contributed by atoms with van der Waals surface area (Å²) in [6.45, 7) is 5.14. The van der Waals surface area contributed by atoms with Crippen LogP contribution in [-0.4, -0.2) is 48.8 Å². The maximum atomic E-state index is 12.6. The van der Waals surface area contributed by atoms with Crippen LogP contribution in [0, 0.1) is 13.8 Å². The molecule has 0 aromatic carbocycles. The Kier molecular flexibility index (Phi) is 4.76. The lowest BCUT2D eigenvalue weighted by molar-refractivity contribution is 0.0784. The average Bonchev–Trinajstić information content (AvgIpc) is 3.31. The zero-order valence-corrected chi connectivity index (χ0v) is 15.9. The predicted molar refractivity (Wildman–Crippen MR) is 102 cm³/mol. The minimum Gasteiger partial charge on any atom is -0.337 e. The Morgan fingerprint density at radius 3 is 2.85 bits per heavy atom. The number of aromatic nitrogens is 5. The molecule has 1 N–H and O–H groups in total. The average molecular weight is 381 g/mol. The van der Waals surface area contributed by atoms with Gasteiger partial charge in [-0.2, -0.15) is 0 Å². The first kappa shape index (κ1) is 17.5. The van der Waals surface area contributed by atoms with Gasteiger partial charge in [-0.15, -0.1) is 11.3 Å². The minimum absolute atomic E-state index is 0.101. The lowest BCUT2D eigenvalue weighted by atomic mass is 10.1. The summed E-state index contributed by atoms with van der Waals surface area (Å²) in [4.78, 5) is 36.1. The fraction of sp³-hybridized carbons (Fsp3) is 0.333. The van der Waals surface area contributed by atoms with Crippen LogP contribution in [0.5, 0.6) is 0 Å². The first-order valence-electron chi connectivity index (χ1n) is 8.68. The number of likely N-dealkylation sites (tertiary alicyclic amines) is 1. The molecule has 1 aliphatic heterocycles. The topological polar surface area (TPSA) is 96.8 Å². The van der Waals surface area contributed by atoms with Crippen molar-refractivity contribution in [2.24, 2.45) is 0 Å². The Morgan fingerprint density at radius 1 is 1.22 bits per heavy atom. The maximum Gasteiger partial charge on any atom is 0.274 e. The molecular weight excluding hydrogens is 362 g/mol. The van der Waals surface area contributed by atoms with E-state index in [0.717, 1.165) is 34.6 Å². The Balaban J connectivity index is 1.49. The summed E-state index contributed by atoms with van der Waals surface area (Å²) in [6, 6.07) is 1.90. The molecule has 1 fully saturated rings. The Bertz CT molecular complexity index is 959. The summed E-state index contributed by atoms with van der Waals surface area (Å²) in [7, 11) is 0. The molecule has 27 heavy (non-hydrogen) atoms. The number of nitrogens with one attached hydrogen (secondary N) is 1. The minimum atomic E-state index is -0.102. The van der Waals surface area contributed by atoms with Crippen molar-refractivity contribution in [3.63, 3.8) is 0 Å². The molecule has 1 amide bonds. The lowest BCUT2D eigenvalue weighted by Gasteiger charge is -2.16. The van der Waals surface area contributed by atoms with Crippen LogP contribution in [-0.2, 0) is 0 Å². The number of hydrogen-bond donors (Lipinski definition) is 1.